The summed E-state index contributed by atoms with van der Waals surface area (Å²) in [6, 6.07) is 10.1. The molecule has 0 aliphatic heterocycles. The largest absolute Gasteiger partial charge is 0.459 e. The number of aromatic nitrogens is 2. The van der Waals surface area contributed by atoms with E-state index in [0.717, 1.165) is 27.7 Å². The average molecular weight is 259 g/mol. The Kier molecular flexibility index (Phi) is 2.76. The van der Waals surface area contributed by atoms with E-state index in [-0.39, 0.29) is 6.04 Å². The molecule has 0 saturated carbocycles. The summed E-state index contributed by atoms with van der Waals surface area (Å²) in [4.78, 5) is 4.28. The van der Waals surface area contributed by atoms with E-state index in [0.29, 0.717) is 0 Å². The highest BCUT2D eigenvalue weighted by atomic mass is 32.1. The van der Waals surface area contributed by atoms with Crippen molar-refractivity contribution in [3.05, 3.63) is 41.9 Å². The third kappa shape index (κ3) is 2.09. The smallest absolute Gasteiger partial charge is 0.203 e. The molecule has 2 heterocycles. The molecular weight excluding hydrogens is 246 g/mol. The van der Waals surface area contributed by atoms with Crippen LogP contribution in [0.4, 0.5) is 5.13 Å². The van der Waals surface area contributed by atoms with Gasteiger partial charge in [0.15, 0.2) is 0 Å². The molecule has 0 amide bonds. The van der Waals surface area contributed by atoms with Gasteiger partial charge in [0.25, 0.3) is 0 Å². The quantitative estimate of drug-likeness (QED) is 0.778. The van der Waals surface area contributed by atoms with Crippen molar-refractivity contribution in [2.24, 2.45) is 0 Å². The number of nitrogens with zero attached hydrogens (tertiary/aromatic N) is 2. The summed E-state index contributed by atoms with van der Waals surface area (Å²) in [6.07, 6.45) is 0. The predicted molar refractivity (Wildman–Crippen MR) is 72.9 cm³/mol. The zero-order chi connectivity index (χ0) is 12.5. The molecule has 5 heteroatoms. The zero-order valence-electron chi connectivity index (χ0n) is 10.2. The Morgan fingerprint density at radius 3 is 2.89 bits per heavy atom. The highest BCUT2D eigenvalue weighted by Gasteiger charge is 2.12. The Balaban J connectivity index is 1.85. The van der Waals surface area contributed by atoms with Crippen LogP contribution in [0, 0.1) is 6.92 Å². The van der Waals surface area contributed by atoms with Crippen molar-refractivity contribution in [3.63, 3.8) is 0 Å². The second-order valence-electron chi connectivity index (χ2n) is 4.20. The molecule has 92 valence electrons. The van der Waals surface area contributed by atoms with Crippen molar-refractivity contribution >= 4 is 27.6 Å². The number of anilines is 1. The van der Waals surface area contributed by atoms with Crippen LogP contribution in [0.25, 0.3) is 11.0 Å². The van der Waals surface area contributed by atoms with Gasteiger partial charge >= 0.3 is 0 Å². The van der Waals surface area contributed by atoms with Crippen molar-refractivity contribution in [1.29, 1.82) is 0 Å². The molecule has 0 fully saturated rings. The minimum absolute atomic E-state index is 0.0738. The van der Waals surface area contributed by atoms with Crippen LogP contribution < -0.4 is 5.32 Å². The Morgan fingerprint density at radius 1 is 1.33 bits per heavy atom. The number of hydrogen-bond donors (Lipinski definition) is 1. The minimum Gasteiger partial charge on any atom is -0.459 e. The van der Waals surface area contributed by atoms with E-state index in [4.69, 9.17) is 4.42 Å². The predicted octanol–water partition coefficient (Wildman–Crippen LogP) is 3.77. The van der Waals surface area contributed by atoms with Gasteiger partial charge in [0.1, 0.15) is 17.2 Å². The second kappa shape index (κ2) is 4.42. The molecule has 0 aliphatic rings. The first-order chi connectivity index (χ1) is 8.72. The molecular formula is C13H13N3OS. The lowest BCUT2D eigenvalue weighted by Crippen LogP contribution is -2.04. The summed E-state index contributed by atoms with van der Waals surface area (Å²) in [5.74, 6) is 1.70. The number of rotatable bonds is 3. The van der Waals surface area contributed by atoms with Crippen molar-refractivity contribution in [1.82, 2.24) is 9.36 Å². The number of aryl methyl sites for hydroxylation is 1. The molecule has 2 aromatic heterocycles. The SMILES string of the molecule is Cc1nsc(N[C@H](C)c2cc3ccccc3o2)n1. The summed E-state index contributed by atoms with van der Waals surface area (Å²) in [5, 5.41) is 5.23. The van der Waals surface area contributed by atoms with Gasteiger partial charge in [-0.15, -0.1) is 0 Å². The number of hydrogen-bond acceptors (Lipinski definition) is 5. The molecule has 0 spiro atoms. The third-order valence-corrected chi connectivity index (χ3v) is 3.48. The fraction of sp³-hybridized carbons (Fsp3) is 0.231. The van der Waals surface area contributed by atoms with Crippen LogP contribution >= 0.6 is 11.5 Å². The molecule has 3 aromatic rings. The maximum Gasteiger partial charge on any atom is 0.203 e. The number of furan rings is 1. The van der Waals surface area contributed by atoms with Crippen molar-refractivity contribution in [2.75, 3.05) is 5.32 Å². The molecule has 1 atom stereocenters. The lowest BCUT2D eigenvalue weighted by Gasteiger charge is -2.08. The lowest BCUT2D eigenvalue weighted by atomic mass is 10.2. The van der Waals surface area contributed by atoms with E-state index < -0.39 is 0 Å². The molecule has 0 radical (unpaired) electrons. The van der Waals surface area contributed by atoms with Crippen LogP contribution in [0.15, 0.2) is 34.7 Å². The Hall–Kier alpha value is -1.88. The molecule has 3 rings (SSSR count). The standard InChI is InChI=1S/C13H13N3OS/c1-8(14-13-15-9(2)16-18-13)12-7-10-5-3-4-6-11(10)17-12/h3-8H,1-2H3,(H,14,15,16)/t8-/m1/s1. The molecule has 0 bridgehead atoms. The van der Waals surface area contributed by atoms with Gasteiger partial charge in [0.2, 0.25) is 5.13 Å². The summed E-state index contributed by atoms with van der Waals surface area (Å²) < 4.78 is 9.95. The van der Waals surface area contributed by atoms with Gasteiger partial charge in [-0.05, 0) is 26.0 Å². The summed E-state index contributed by atoms with van der Waals surface area (Å²) in [5.41, 5.74) is 0.912. The van der Waals surface area contributed by atoms with Crippen molar-refractivity contribution in [2.45, 2.75) is 19.9 Å². The molecule has 0 unspecified atom stereocenters. The molecule has 0 aliphatic carbocycles. The van der Waals surface area contributed by atoms with E-state index in [1.165, 1.54) is 11.5 Å². The van der Waals surface area contributed by atoms with E-state index in [9.17, 15) is 0 Å². The lowest BCUT2D eigenvalue weighted by molar-refractivity contribution is 0.526. The molecule has 0 saturated heterocycles. The summed E-state index contributed by atoms with van der Waals surface area (Å²) in [6.45, 7) is 3.93. The number of para-hydroxylation sites is 1. The third-order valence-electron chi connectivity index (χ3n) is 2.74. The van der Waals surface area contributed by atoms with Gasteiger partial charge in [-0.3, -0.25) is 0 Å². The normalized spacial score (nSPS) is 12.8. The fourth-order valence-electron chi connectivity index (χ4n) is 1.83. The van der Waals surface area contributed by atoms with Gasteiger partial charge in [-0.1, -0.05) is 18.2 Å². The topological polar surface area (TPSA) is 51.0 Å². The maximum atomic E-state index is 5.80. The van der Waals surface area contributed by atoms with Crippen molar-refractivity contribution < 1.29 is 4.42 Å². The second-order valence-corrected chi connectivity index (χ2v) is 4.95. The maximum absolute atomic E-state index is 5.80. The van der Waals surface area contributed by atoms with Crippen LogP contribution in [0.1, 0.15) is 24.6 Å². The van der Waals surface area contributed by atoms with Gasteiger partial charge in [0.05, 0.1) is 6.04 Å². The van der Waals surface area contributed by atoms with E-state index in [1.807, 2.05) is 31.2 Å². The van der Waals surface area contributed by atoms with Gasteiger partial charge in [-0.25, -0.2) is 4.98 Å². The first kappa shape index (κ1) is 11.2. The highest BCUT2D eigenvalue weighted by Crippen LogP contribution is 2.26. The van der Waals surface area contributed by atoms with Crippen LogP contribution in [0.2, 0.25) is 0 Å². The van der Waals surface area contributed by atoms with E-state index >= 15 is 0 Å². The molecule has 1 N–H and O–H groups in total. The van der Waals surface area contributed by atoms with Crippen LogP contribution in [-0.4, -0.2) is 9.36 Å². The molecule has 4 nitrogen and oxygen atoms in total. The zero-order valence-corrected chi connectivity index (χ0v) is 11.0. The monoisotopic (exact) mass is 259 g/mol. The van der Waals surface area contributed by atoms with Crippen LogP contribution in [0.5, 0.6) is 0 Å². The highest BCUT2D eigenvalue weighted by molar-refractivity contribution is 7.09. The van der Waals surface area contributed by atoms with Gasteiger partial charge in [0, 0.05) is 16.9 Å². The molecule has 18 heavy (non-hydrogen) atoms. The van der Waals surface area contributed by atoms with Crippen LogP contribution in [0.3, 0.4) is 0 Å². The van der Waals surface area contributed by atoms with Crippen LogP contribution in [-0.2, 0) is 0 Å². The number of fused-ring (bicyclic) bond motifs is 1. The fourth-order valence-corrected chi connectivity index (χ4v) is 2.49. The van der Waals surface area contributed by atoms with Gasteiger partial charge < -0.3 is 9.73 Å². The molecule has 1 aromatic carbocycles. The first-order valence-corrected chi connectivity index (χ1v) is 6.55. The van der Waals surface area contributed by atoms with E-state index in [1.54, 1.807) is 0 Å². The first-order valence-electron chi connectivity index (χ1n) is 5.78. The Bertz CT molecular complexity index is 640. The summed E-state index contributed by atoms with van der Waals surface area (Å²) >= 11 is 1.37. The Labute approximate surface area is 109 Å². The average Bonchev–Trinajstić information content (AvgIpc) is 2.95. The number of benzene rings is 1. The summed E-state index contributed by atoms with van der Waals surface area (Å²) in [7, 11) is 0. The van der Waals surface area contributed by atoms with Crippen molar-refractivity contribution in [3.8, 4) is 0 Å². The van der Waals surface area contributed by atoms with E-state index in [2.05, 4.69) is 27.7 Å². The minimum atomic E-state index is 0.0738. The Morgan fingerprint density at radius 2 is 2.17 bits per heavy atom. The number of nitrogens with one attached hydrogen (secondary N) is 1. The van der Waals surface area contributed by atoms with Gasteiger partial charge in [-0.2, -0.15) is 4.37 Å².